The number of ether oxygens (including phenoxy) is 3. The highest BCUT2D eigenvalue weighted by Crippen LogP contribution is 2.38. The molecule has 5 nitrogen and oxygen atoms in total. The molecular formula is C28H38O5Si. The molecule has 0 N–H and O–H groups in total. The summed E-state index contributed by atoms with van der Waals surface area (Å²) >= 11 is 0. The lowest BCUT2D eigenvalue weighted by atomic mass is 10.0. The zero-order valence-corrected chi connectivity index (χ0v) is 22.2. The van der Waals surface area contributed by atoms with Gasteiger partial charge in [-0.3, -0.25) is 4.79 Å². The van der Waals surface area contributed by atoms with Crippen molar-refractivity contribution in [3.8, 4) is 0 Å². The molecule has 2 aromatic carbocycles. The van der Waals surface area contributed by atoms with Crippen LogP contribution in [0.25, 0.3) is 0 Å². The molecule has 3 rings (SSSR count). The van der Waals surface area contributed by atoms with Gasteiger partial charge in [-0.2, -0.15) is 0 Å². The molecule has 3 unspecified atom stereocenters. The van der Waals surface area contributed by atoms with Crippen LogP contribution in [0, 0.1) is 0 Å². The SMILES string of the molecule is C=CCC(=O)C(OC)C1OC(C)(C)OC1CO[Si](c1ccccc1)(c1ccccc1)C(C)(C)C. The van der Waals surface area contributed by atoms with E-state index >= 15 is 0 Å². The van der Waals surface area contributed by atoms with Gasteiger partial charge in [0.15, 0.2) is 11.6 Å². The van der Waals surface area contributed by atoms with Crippen molar-refractivity contribution in [2.45, 2.75) is 70.2 Å². The van der Waals surface area contributed by atoms with Crippen LogP contribution in [0.3, 0.4) is 0 Å². The molecule has 1 aliphatic rings. The molecule has 0 saturated carbocycles. The van der Waals surface area contributed by atoms with E-state index in [1.54, 1.807) is 6.08 Å². The highest BCUT2D eigenvalue weighted by molar-refractivity contribution is 6.99. The summed E-state index contributed by atoms with van der Waals surface area (Å²) in [6, 6.07) is 20.9. The lowest BCUT2D eigenvalue weighted by Crippen LogP contribution is -2.67. The molecule has 0 aromatic heterocycles. The van der Waals surface area contributed by atoms with Crippen LogP contribution in [0.2, 0.25) is 5.04 Å². The Balaban J connectivity index is 2.01. The van der Waals surface area contributed by atoms with Crippen molar-refractivity contribution in [3.05, 3.63) is 73.3 Å². The summed E-state index contributed by atoms with van der Waals surface area (Å²) in [7, 11) is -1.23. The van der Waals surface area contributed by atoms with Crippen molar-refractivity contribution in [3.63, 3.8) is 0 Å². The molecule has 0 aliphatic carbocycles. The Morgan fingerprint density at radius 3 is 2.03 bits per heavy atom. The van der Waals surface area contributed by atoms with E-state index in [0.29, 0.717) is 0 Å². The summed E-state index contributed by atoms with van der Waals surface area (Å²) in [5.74, 6) is -0.936. The fourth-order valence-electron chi connectivity index (χ4n) is 4.92. The normalized spacial score (nSPS) is 21.2. The zero-order chi connectivity index (χ0) is 25.0. The lowest BCUT2D eigenvalue weighted by molar-refractivity contribution is -0.162. The quantitative estimate of drug-likeness (QED) is 0.374. The van der Waals surface area contributed by atoms with E-state index in [2.05, 4.69) is 75.9 Å². The molecule has 0 bridgehead atoms. The smallest absolute Gasteiger partial charge is 0.261 e. The summed E-state index contributed by atoms with van der Waals surface area (Å²) in [5, 5.41) is 2.21. The van der Waals surface area contributed by atoms with E-state index < -0.39 is 32.4 Å². The molecule has 1 aliphatic heterocycles. The van der Waals surface area contributed by atoms with Crippen molar-refractivity contribution >= 4 is 24.5 Å². The van der Waals surface area contributed by atoms with Crippen molar-refractivity contribution in [1.82, 2.24) is 0 Å². The fourth-order valence-corrected chi connectivity index (χ4v) is 9.49. The average Bonchev–Trinajstić information content (AvgIpc) is 3.09. The largest absolute Gasteiger partial charge is 0.405 e. The summed E-state index contributed by atoms with van der Waals surface area (Å²) in [6.07, 6.45) is -0.00176. The van der Waals surface area contributed by atoms with Gasteiger partial charge in [0.1, 0.15) is 18.3 Å². The van der Waals surface area contributed by atoms with Crippen LogP contribution in [0.5, 0.6) is 0 Å². The molecule has 6 heteroatoms. The number of methoxy groups -OCH3 is 1. The first kappa shape index (κ1) is 26.5. The minimum atomic E-state index is -2.76. The number of Topliss-reactive ketones (excluding diaryl/α,β-unsaturated/α-hetero) is 1. The maximum atomic E-state index is 12.8. The second-order valence-corrected chi connectivity index (χ2v) is 14.5. The minimum Gasteiger partial charge on any atom is -0.405 e. The molecule has 34 heavy (non-hydrogen) atoms. The first-order valence-electron chi connectivity index (χ1n) is 11.8. The zero-order valence-electron chi connectivity index (χ0n) is 21.2. The van der Waals surface area contributed by atoms with Gasteiger partial charge >= 0.3 is 0 Å². The fraction of sp³-hybridized carbons (Fsp3) is 0.464. The molecule has 2 aromatic rings. The Bertz CT molecular complexity index is 912. The predicted molar refractivity (Wildman–Crippen MR) is 138 cm³/mol. The van der Waals surface area contributed by atoms with Gasteiger partial charge in [0.25, 0.3) is 8.32 Å². The van der Waals surface area contributed by atoms with Crippen LogP contribution >= 0.6 is 0 Å². The Morgan fingerprint density at radius 1 is 1.06 bits per heavy atom. The van der Waals surface area contributed by atoms with Crippen LogP contribution in [-0.2, 0) is 23.4 Å². The Labute approximate surface area is 205 Å². The van der Waals surface area contributed by atoms with Crippen LogP contribution in [0.1, 0.15) is 41.0 Å². The molecule has 1 saturated heterocycles. The minimum absolute atomic E-state index is 0.0840. The first-order chi connectivity index (χ1) is 16.1. The van der Waals surface area contributed by atoms with E-state index in [0.717, 1.165) is 0 Å². The van der Waals surface area contributed by atoms with E-state index in [9.17, 15) is 4.79 Å². The number of allylic oxidation sites excluding steroid dienone is 1. The topological polar surface area (TPSA) is 54.0 Å². The second-order valence-electron chi connectivity index (χ2n) is 10.2. The number of carbonyl (C=O) groups is 1. The Morgan fingerprint density at radius 2 is 1.59 bits per heavy atom. The summed E-state index contributed by atoms with van der Waals surface area (Å²) in [6.45, 7) is 14.4. The van der Waals surface area contributed by atoms with E-state index in [1.807, 2.05) is 26.0 Å². The van der Waals surface area contributed by atoms with Crippen LogP contribution in [-0.4, -0.2) is 51.9 Å². The highest BCUT2D eigenvalue weighted by Gasteiger charge is 2.53. The van der Waals surface area contributed by atoms with Crippen LogP contribution in [0.15, 0.2) is 73.3 Å². The maximum absolute atomic E-state index is 12.8. The number of hydrogen-bond donors (Lipinski definition) is 0. The summed E-state index contributed by atoms with van der Waals surface area (Å²) in [5.41, 5.74) is 0. The third-order valence-electron chi connectivity index (χ3n) is 6.32. The van der Waals surface area contributed by atoms with Crippen molar-refractivity contribution < 1.29 is 23.4 Å². The van der Waals surface area contributed by atoms with Crippen LogP contribution < -0.4 is 10.4 Å². The van der Waals surface area contributed by atoms with Gasteiger partial charge in [-0.15, -0.1) is 6.58 Å². The third-order valence-corrected chi connectivity index (χ3v) is 11.3. The number of benzene rings is 2. The number of ketones is 1. The molecule has 0 spiro atoms. The Hall–Kier alpha value is -2.09. The maximum Gasteiger partial charge on any atom is 0.261 e. The third kappa shape index (κ3) is 5.42. The first-order valence-corrected chi connectivity index (χ1v) is 13.7. The standard InChI is InChI=1S/C28H38O5Si/c1-8-15-23(29)25(30-7)26-24(32-28(5,6)33-26)20-31-34(27(2,3)4,21-16-11-9-12-17-21)22-18-13-10-14-19-22/h8-14,16-19,24-26H,1,15,20H2,2-7H3. The van der Waals surface area contributed by atoms with E-state index in [4.69, 9.17) is 18.6 Å². The predicted octanol–water partition coefficient (Wildman–Crippen LogP) is 4.24. The van der Waals surface area contributed by atoms with Gasteiger partial charge in [0.2, 0.25) is 0 Å². The number of rotatable bonds is 10. The average molecular weight is 483 g/mol. The molecular weight excluding hydrogens is 444 g/mol. The van der Waals surface area contributed by atoms with Gasteiger partial charge < -0.3 is 18.6 Å². The highest BCUT2D eigenvalue weighted by atomic mass is 28.4. The lowest BCUT2D eigenvalue weighted by Gasteiger charge is -2.43. The van der Waals surface area contributed by atoms with Crippen molar-refractivity contribution in [2.75, 3.05) is 13.7 Å². The molecule has 3 atom stereocenters. The van der Waals surface area contributed by atoms with Gasteiger partial charge in [0, 0.05) is 13.5 Å². The number of hydrogen-bond acceptors (Lipinski definition) is 5. The Kier molecular flexibility index (Phi) is 8.32. The van der Waals surface area contributed by atoms with E-state index in [1.165, 1.54) is 17.5 Å². The van der Waals surface area contributed by atoms with Crippen molar-refractivity contribution in [1.29, 1.82) is 0 Å². The van der Waals surface area contributed by atoms with Crippen molar-refractivity contribution in [2.24, 2.45) is 0 Å². The molecule has 1 heterocycles. The molecule has 184 valence electrons. The molecule has 1 fully saturated rings. The second kappa shape index (κ2) is 10.7. The van der Waals surface area contributed by atoms with Gasteiger partial charge in [0.05, 0.1) is 6.61 Å². The van der Waals surface area contributed by atoms with Gasteiger partial charge in [-0.1, -0.05) is 87.5 Å². The monoisotopic (exact) mass is 482 g/mol. The van der Waals surface area contributed by atoms with Gasteiger partial charge in [-0.25, -0.2) is 0 Å². The van der Waals surface area contributed by atoms with E-state index in [-0.39, 0.29) is 23.8 Å². The number of carbonyl (C=O) groups excluding carboxylic acids is 1. The summed E-state index contributed by atoms with van der Waals surface area (Å²) < 4.78 is 25.1. The van der Waals surface area contributed by atoms with Crippen LogP contribution in [0.4, 0.5) is 0 Å². The summed E-state index contributed by atoms with van der Waals surface area (Å²) in [4.78, 5) is 12.8. The molecule has 0 amide bonds. The van der Waals surface area contributed by atoms with Gasteiger partial charge in [-0.05, 0) is 29.3 Å². The molecule has 0 radical (unpaired) electrons.